The van der Waals surface area contributed by atoms with Gasteiger partial charge in [0.15, 0.2) is 0 Å². The standard InChI is InChI=1S/C13H13N3O2/c1-3-11(17)14-12-9(2)13(18)16(15-12)10-7-5-4-6-8-10/h3-9H,1H2,2H3,(H,14,15,17). The Morgan fingerprint density at radius 1 is 1.44 bits per heavy atom. The van der Waals surface area contributed by atoms with Gasteiger partial charge in [0.05, 0.1) is 11.6 Å². The minimum Gasteiger partial charge on any atom is -0.308 e. The third-order valence-corrected chi connectivity index (χ3v) is 2.63. The van der Waals surface area contributed by atoms with Crippen LogP contribution in [0.2, 0.25) is 0 Å². The lowest BCUT2D eigenvalue weighted by atomic mass is 10.1. The fourth-order valence-corrected chi connectivity index (χ4v) is 1.61. The highest BCUT2D eigenvalue weighted by molar-refractivity contribution is 6.18. The number of amidine groups is 1. The molecule has 0 bridgehead atoms. The third-order valence-electron chi connectivity index (χ3n) is 2.63. The predicted octanol–water partition coefficient (Wildman–Crippen LogP) is 1.29. The Labute approximate surface area is 105 Å². The Hall–Kier alpha value is -2.43. The smallest absolute Gasteiger partial charge is 0.257 e. The molecule has 0 saturated carbocycles. The Bertz CT molecular complexity index is 522. The van der Waals surface area contributed by atoms with Crippen molar-refractivity contribution in [2.45, 2.75) is 6.92 Å². The van der Waals surface area contributed by atoms with Gasteiger partial charge >= 0.3 is 0 Å². The number of hydrogen-bond acceptors (Lipinski definition) is 3. The van der Waals surface area contributed by atoms with Crippen molar-refractivity contribution in [3.8, 4) is 0 Å². The average Bonchev–Trinajstić information content (AvgIpc) is 2.68. The predicted molar refractivity (Wildman–Crippen MR) is 68.9 cm³/mol. The second-order valence-corrected chi connectivity index (χ2v) is 3.89. The number of anilines is 1. The zero-order valence-electron chi connectivity index (χ0n) is 9.96. The van der Waals surface area contributed by atoms with Crippen molar-refractivity contribution in [2.24, 2.45) is 11.0 Å². The maximum atomic E-state index is 12.0. The normalized spacial score (nSPS) is 18.5. The van der Waals surface area contributed by atoms with Gasteiger partial charge < -0.3 is 5.32 Å². The quantitative estimate of drug-likeness (QED) is 0.795. The summed E-state index contributed by atoms with van der Waals surface area (Å²) in [6.45, 7) is 5.06. The van der Waals surface area contributed by atoms with Crippen molar-refractivity contribution in [2.75, 3.05) is 5.01 Å². The second kappa shape index (κ2) is 4.83. The Kier molecular flexibility index (Phi) is 3.23. The highest BCUT2D eigenvalue weighted by Gasteiger charge is 2.33. The van der Waals surface area contributed by atoms with Crippen molar-refractivity contribution in [1.82, 2.24) is 5.32 Å². The summed E-state index contributed by atoms with van der Waals surface area (Å²) in [5, 5.41) is 7.96. The van der Waals surface area contributed by atoms with E-state index >= 15 is 0 Å². The van der Waals surface area contributed by atoms with E-state index in [1.165, 1.54) is 5.01 Å². The Morgan fingerprint density at radius 3 is 2.72 bits per heavy atom. The Morgan fingerprint density at radius 2 is 2.11 bits per heavy atom. The molecule has 0 radical (unpaired) electrons. The molecule has 0 saturated heterocycles. The molecule has 1 aromatic carbocycles. The molecular weight excluding hydrogens is 230 g/mol. The van der Waals surface area contributed by atoms with Crippen LogP contribution in [-0.4, -0.2) is 17.6 Å². The van der Waals surface area contributed by atoms with Crippen LogP contribution in [0.4, 0.5) is 5.69 Å². The largest absolute Gasteiger partial charge is 0.308 e. The molecule has 2 rings (SSSR count). The summed E-state index contributed by atoms with van der Waals surface area (Å²) in [7, 11) is 0. The van der Waals surface area contributed by atoms with Gasteiger partial charge in [-0.25, -0.2) is 0 Å². The molecule has 2 amide bonds. The van der Waals surface area contributed by atoms with Crippen LogP contribution in [0.5, 0.6) is 0 Å². The summed E-state index contributed by atoms with van der Waals surface area (Å²) in [6, 6.07) is 9.07. The van der Waals surface area contributed by atoms with E-state index in [2.05, 4.69) is 17.0 Å². The zero-order chi connectivity index (χ0) is 13.1. The number of hydrogen-bond donors (Lipinski definition) is 1. The number of hydrazone groups is 1. The number of nitrogens with zero attached hydrogens (tertiary/aromatic N) is 2. The molecule has 1 unspecified atom stereocenters. The summed E-state index contributed by atoms with van der Waals surface area (Å²) in [5.74, 6) is -0.660. The van der Waals surface area contributed by atoms with Gasteiger partial charge in [0.1, 0.15) is 5.84 Å². The molecule has 0 spiro atoms. The molecule has 1 aromatic rings. The lowest BCUT2D eigenvalue weighted by molar-refractivity contribution is -0.119. The number of nitrogens with one attached hydrogen (secondary N) is 1. The van der Waals surface area contributed by atoms with Crippen LogP contribution in [0, 0.1) is 5.92 Å². The van der Waals surface area contributed by atoms with Crippen molar-refractivity contribution in [3.63, 3.8) is 0 Å². The Balaban J connectivity index is 2.26. The van der Waals surface area contributed by atoms with E-state index in [0.717, 1.165) is 6.08 Å². The molecule has 1 heterocycles. The highest BCUT2D eigenvalue weighted by Crippen LogP contribution is 2.22. The maximum absolute atomic E-state index is 12.0. The number of carbonyl (C=O) groups excluding carboxylic acids is 2. The van der Waals surface area contributed by atoms with Crippen LogP contribution in [0.3, 0.4) is 0 Å². The van der Waals surface area contributed by atoms with E-state index in [1.807, 2.05) is 18.2 Å². The van der Waals surface area contributed by atoms with E-state index in [0.29, 0.717) is 11.5 Å². The van der Waals surface area contributed by atoms with Gasteiger partial charge in [-0.05, 0) is 25.1 Å². The van der Waals surface area contributed by atoms with E-state index in [4.69, 9.17) is 0 Å². The van der Waals surface area contributed by atoms with Gasteiger partial charge in [-0.2, -0.15) is 10.1 Å². The molecule has 0 aliphatic carbocycles. The molecule has 18 heavy (non-hydrogen) atoms. The second-order valence-electron chi connectivity index (χ2n) is 3.89. The van der Waals surface area contributed by atoms with E-state index in [1.54, 1.807) is 19.1 Å². The first-order valence-electron chi connectivity index (χ1n) is 5.54. The first-order valence-corrected chi connectivity index (χ1v) is 5.54. The summed E-state index contributed by atoms with van der Waals surface area (Å²) in [5.41, 5.74) is 0.678. The van der Waals surface area contributed by atoms with Gasteiger partial charge in [0.2, 0.25) is 5.91 Å². The lowest BCUT2D eigenvalue weighted by Gasteiger charge is -2.11. The lowest BCUT2D eigenvalue weighted by Crippen LogP contribution is -2.34. The SMILES string of the molecule is C=CC(=O)NC1=NN(c2ccccc2)C(=O)C1C. The number of para-hydroxylation sites is 1. The van der Waals surface area contributed by atoms with Crippen LogP contribution in [0.15, 0.2) is 48.1 Å². The number of carbonyl (C=O) groups is 2. The summed E-state index contributed by atoms with van der Waals surface area (Å²) >= 11 is 0. The molecule has 1 aliphatic heterocycles. The van der Waals surface area contributed by atoms with Gasteiger partial charge in [0.25, 0.3) is 5.91 Å². The summed E-state index contributed by atoms with van der Waals surface area (Å²) in [6.07, 6.45) is 1.14. The first-order chi connectivity index (χ1) is 8.63. The molecular formula is C13H13N3O2. The number of amides is 2. The van der Waals surface area contributed by atoms with Crippen LogP contribution < -0.4 is 10.3 Å². The maximum Gasteiger partial charge on any atom is 0.257 e. The molecule has 0 aromatic heterocycles. The summed E-state index contributed by atoms with van der Waals surface area (Å²) < 4.78 is 0. The monoisotopic (exact) mass is 243 g/mol. The van der Waals surface area contributed by atoms with Gasteiger partial charge in [-0.1, -0.05) is 24.8 Å². The molecule has 92 valence electrons. The molecule has 5 nitrogen and oxygen atoms in total. The van der Waals surface area contributed by atoms with Crippen LogP contribution >= 0.6 is 0 Å². The average molecular weight is 243 g/mol. The number of rotatable bonds is 2. The topological polar surface area (TPSA) is 61.8 Å². The van der Waals surface area contributed by atoms with Crippen LogP contribution in [0.25, 0.3) is 0 Å². The molecule has 0 fully saturated rings. The van der Waals surface area contributed by atoms with Crippen molar-refractivity contribution in [3.05, 3.63) is 43.0 Å². The third kappa shape index (κ3) is 2.15. The van der Waals surface area contributed by atoms with Gasteiger partial charge in [0, 0.05) is 0 Å². The van der Waals surface area contributed by atoms with Crippen LogP contribution in [0.1, 0.15) is 6.92 Å². The van der Waals surface area contributed by atoms with E-state index < -0.39 is 5.92 Å². The highest BCUT2D eigenvalue weighted by atomic mass is 16.2. The minimum absolute atomic E-state index is 0.166. The van der Waals surface area contributed by atoms with Crippen molar-refractivity contribution in [1.29, 1.82) is 0 Å². The molecule has 1 aliphatic rings. The van der Waals surface area contributed by atoms with E-state index in [9.17, 15) is 9.59 Å². The van der Waals surface area contributed by atoms with Crippen molar-refractivity contribution < 1.29 is 9.59 Å². The molecule has 1 atom stereocenters. The molecule has 1 N–H and O–H groups in total. The zero-order valence-corrected chi connectivity index (χ0v) is 9.96. The van der Waals surface area contributed by atoms with E-state index in [-0.39, 0.29) is 11.8 Å². The van der Waals surface area contributed by atoms with Gasteiger partial charge in [-0.15, -0.1) is 0 Å². The number of benzene rings is 1. The van der Waals surface area contributed by atoms with Crippen LogP contribution in [-0.2, 0) is 9.59 Å². The summed E-state index contributed by atoms with van der Waals surface area (Å²) in [4.78, 5) is 23.2. The first kappa shape index (κ1) is 12.0. The fourth-order valence-electron chi connectivity index (χ4n) is 1.61. The fraction of sp³-hybridized carbons (Fsp3) is 0.154. The molecule has 5 heteroatoms. The minimum atomic E-state index is -0.464. The van der Waals surface area contributed by atoms with Crippen molar-refractivity contribution >= 4 is 23.3 Å². The van der Waals surface area contributed by atoms with Gasteiger partial charge in [-0.3, -0.25) is 9.59 Å².